The van der Waals surface area contributed by atoms with Gasteiger partial charge < -0.3 is 10.2 Å². The third-order valence-electron chi connectivity index (χ3n) is 5.37. The number of nitrogens with zero attached hydrogens (tertiary/aromatic N) is 1. The summed E-state index contributed by atoms with van der Waals surface area (Å²) in [7, 11) is -3.83. The first-order valence-corrected chi connectivity index (χ1v) is 11.7. The van der Waals surface area contributed by atoms with Gasteiger partial charge in [-0.25, -0.2) is 8.42 Å². The number of sulfonamides is 1. The highest BCUT2D eigenvalue weighted by Gasteiger charge is 2.31. The van der Waals surface area contributed by atoms with Crippen molar-refractivity contribution in [3.63, 3.8) is 0 Å². The number of amides is 2. The van der Waals surface area contributed by atoms with Crippen molar-refractivity contribution in [3.8, 4) is 0 Å². The molecule has 0 bridgehead atoms. The fourth-order valence-corrected chi connectivity index (χ4v) is 4.43. The van der Waals surface area contributed by atoms with Crippen LogP contribution in [0.5, 0.6) is 0 Å². The number of piperidine rings is 1. The summed E-state index contributed by atoms with van der Waals surface area (Å²) in [5, 5.41) is 3.46. The molecule has 1 fully saturated rings. The zero-order chi connectivity index (χ0) is 21.8. The van der Waals surface area contributed by atoms with Gasteiger partial charge in [-0.3, -0.25) is 9.59 Å². The summed E-state index contributed by atoms with van der Waals surface area (Å²) in [5.41, 5.74) is 0. The Bertz CT molecular complexity index is 819. The van der Waals surface area contributed by atoms with Crippen LogP contribution in [-0.2, 0) is 19.6 Å². The molecule has 1 aromatic carbocycles. The molecule has 1 aromatic rings. The zero-order valence-electron chi connectivity index (χ0n) is 17.3. The molecule has 2 atom stereocenters. The normalized spacial score (nSPS) is 17.8. The molecule has 0 radical (unpaired) electrons. The number of carbonyl (C=O) groups excluding carboxylic acids is 2. The molecule has 2 amide bonds. The van der Waals surface area contributed by atoms with Crippen molar-refractivity contribution in [3.05, 3.63) is 29.3 Å². The van der Waals surface area contributed by atoms with E-state index in [1.165, 1.54) is 31.2 Å². The summed E-state index contributed by atoms with van der Waals surface area (Å²) >= 11 is 5.79. The monoisotopic (exact) mass is 443 g/mol. The van der Waals surface area contributed by atoms with Crippen molar-refractivity contribution in [1.82, 2.24) is 14.9 Å². The van der Waals surface area contributed by atoms with Crippen LogP contribution in [0, 0.1) is 11.8 Å². The Morgan fingerprint density at radius 2 is 1.62 bits per heavy atom. The summed E-state index contributed by atoms with van der Waals surface area (Å²) in [6, 6.07) is 4.96. The van der Waals surface area contributed by atoms with Gasteiger partial charge in [-0.15, -0.1) is 0 Å². The summed E-state index contributed by atoms with van der Waals surface area (Å²) in [6.45, 7) is 8.48. The lowest BCUT2D eigenvalue weighted by Crippen LogP contribution is -2.51. The number of nitrogens with one attached hydrogen (secondary N) is 2. The highest BCUT2D eigenvalue weighted by Crippen LogP contribution is 2.20. The second-order valence-corrected chi connectivity index (χ2v) is 10.1. The first kappa shape index (κ1) is 23.6. The van der Waals surface area contributed by atoms with Crippen LogP contribution in [-0.4, -0.2) is 50.3 Å². The van der Waals surface area contributed by atoms with Crippen LogP contribution < -0.4 is 10.0 Å². The quantitative estimate of drug-likeness (QED) is 0.676. The van der Waals surface area contributed by atoms with E-state index < -0.39 is 16.1 Å². The Morgan fingerprint density at radius 3 is 2.14 bits per heavy atom. The largest absolute Gasteiger partial charge is 0.353 e. The predicted octanol–water partition coefficient (Wildman–Crippen LogP) is 2.41. The Kier molecular flexibility index (Phi) is 8.08. The van der Waals surface area contributed by atoms with Gasteiger partial charge in [-0.1, -0.05) is 25.4 Å². The molecule has 7 nitrogen and oxygen atoms in total. The Balaban J connectivity index is 1.90. The van der Waals surface area contributed by atoms with Gasteiger partial charge in [-0.05, 0) is 56.9 Å². The molecule has 0 aliphatic carbocycles. The minimum absolute atomic E-state index is 0.0230. The van der Waals surface area contributed by atoms with Crippen LogP contribution in [0.4, 0.5) is 0 Å². The van der Waals surface area contributed by atoms with E-state index in [4.69, 9.17) is 11.6 Å². The molecule has 0 saturated carbocycles. The SMILES string of the molecule is CC(C)C(C)NC(=O)C1CCN(C(=O)[C@H](C)NS(=O)(=O)c2ccc(Cl)cc2)CC1. The van der Waals surface area contributed by atoms with E-state index in [0.29, 0.717) is 36.9 Å². The standard InChI is InChI=1S/C20H30ClN3O4S/c1-13(2)14(3)22-19(25)16-9-11-24(12-10-16)20(26)15(4)23-29(27,28)18-7-5-17(21)6-8-18/h5-8,13-16,23H,9-12H2,1-4H3,(H,22,25)/t14?,15-/m0/s1. The van der Waals surface area contributed by atoms with Crippen molar-refractivity contribution in [2.45, 2.75) is 57.5 Å². The molecular formula is C20H30ClN3O4S. The molecule has 2 N–H and O–H groups in total. The second kappa shape index (κ2) is 9.91. The lowest BCUT2D eigenvalue weighted by molar-refractivity contribution is -0.136. The van der Waals surface area contributed by atoms with Crippen LogP contribution in [0.25, 0.3) is 0 Å². The number of benzene rings is 1. The van der Waals surface area contributed by atoms with E-state index in [1.54, 1.807) is 4.90 Å². The van der Waals surface area contributed by atoms with Crippen LogP contribution in [0.15, 0.2) is 29.2 Å². The summed E-state index contributed by atoms with van der Waals surface area (Å²) in [4.78, 5) is 26.7. The predicted molar refractivity (Wildman–Crippen MR) is 113 cm³/mol. The van der Waals surface area contributed by atoms with E-state index >= 15 is 0 Å². The summed E-state index contributed by atoms with van der Waals surface area (Å²) < 4.78 is 27.3. The Hall–Kier alpha value is -1.64. The Labute approximate surface area is 178 Å². The smallest absolute Gasteiger partial charge is 0.241 e. The molecule has 1 aliphatic heterocycles. The van der Waals surface area contributed by atoms with Crippen molar-refractivity contribution in [2.75, 3.05) is 13.1 Å². The summed E-state index contributed by atoms with van der Waals surface area (Å²) in [6.07, 6.45) is 1.14. The average Bonchev–Trinajstić information content (AvgIpc) is 2.67. The van der Waals surface area contributed by atoms with Crippen LogP contribution in [0.2, 0.25) is 5.02 Å². The molecule has 1 saturated heterocycles. The highest BCUT2D eigenvalue weighted by atomic mass is 35.5. The van der Waals surface area contributed by atoms with Crippen LogP contribution >= 0.6 is 11.6 Å². The van der Waals surface area contributed by atoms with Crippen molar-refractivity contribution >= 4 is 33.4 Å². The van der Waals surface area contributed by atoms with Gasteiger partial charge in [0.1, 0.15) is 0 Å². The van der Waals surface area contributed by atoms with Crippen LogP contribution in [0.1, 0.15) is 40.5 Å². The molecule has 162 valence electrons. The molecule has 0 spiro atoms. The van der Waals surface area contributed by atoms with Gasteiger partial charge in [0, 0.05) is 30.1 Å². The van der Waals surface area contributed by atoms with Gasteiger partial charge in [0.05, 0.1) is 10.9 Å². The Morgan fingerprint density at radius 1 is 1.07 bits per heavy atom. The lowest BCUT2D eigenvalue weighted by atomic mass is 9.94. The van der Waals surface area contributed by atoms with E-state index in [2.05, 4.69) is 23.9 Å². The van der Waals surface area contributed by atoms with Gasteiger partial charge in [0.25, 0.3) is 0 Å². The maximum atomic E-state index is 12.7. The maximum Gasteiger partial charge on any atom is 0.241 e. The van der Waals surface area contributed by atoms with Gasteiger partial charge >= 0.3 is 0 Å². The molecule has 0 aromatic heterocycles. The molecule has 1 unspecified atom stereocenters. The highest BCUT2D eigenvalue weighted by molar-refractivity contribution is 7.89. The van der Waals surface area contributed by atoms with Crippen molar-refractivity contribution in [2.24, 2.45) is 11.8 Å². The fraction of sp³-hybridized carbons (Fsp3) is 0.600. The van der Waals surface area contributed by atoms with Crippen molar-refractivity contribution in [1.29, 1.82) is 0 Å². The molecule has 1 aliphatic rings. The number of rotatable bonds is 7. The molecular weight excluding hydrogens is 414 g/mol. The number of likely N-dealkylation sites (tertiary alicyclic amines) is 1. The average molecular weight is 444 g/mol. The fourth-order valence-electron chi connectivity index (χ4n) is 3.11. The number of halogens is 1. The molecule has 1 heterocycles. The summed E-state index contributed by atoms with van der Waals surface area (Å²) in [5.74, 6) is -0.0387. The maximum absolute atomic E-state index is 12.7. The first-order valence-electron chi connectivity index (χ1n) is 9.88. The number of hydrogen-bond donors (Lipinski definition) is 2. The van der Waals surface area contributed by atoms with E-state index in [9.17, 15) is 18.0 Å². The van der Waals surface area contributed by atoms with Gasteiger partial charge in [-0.2, -0.15) is 4.72 Å². The zero-order valence-corrected chi connectivity index (χ0v) is 18.9. The third kappa shape index (κ3) is 6.42. The molecule has 29 heavy (non-hydrogen) atoms. The molecule has 9 heteroatoms. The first-order chi connectivity index (χ1) is 13.5. The van der Waals surface area contributed by atoms with E-state index in [-0.39, 0.29) is 28.7 Å². The number of hydrogen-bond acceptors (Lipinski definition) is 4. The third-order valence-corrected chi connectivity index (χ3v) is 7.18. The van der Waals surface area contributed by atoms with Crippen LogP contribution in [0.3, 0.4) is 0 Å². The topological polar surface area (TPSA) is 95.6 Å². The molecule has 2 rings (SSSR count). The minimum atomic E-state index is -3.83. The lowest BCUT2D eigenvalue weighted by Gasteiger charge is -2.33. The van der Waals surface area contributed by atoms with Gasteiger partial charge in [0.15, 0.2) is 0 Å². The van der Waals surface area contributed by atoms with Crippen molar-refractivity contribution < 1.29 is 18.0 Å². The minimum Gasteiger partial charge on any atom is -0.353 e. The number of carbonyl (C=O) groups is 2. The van der Waals surface area contributed by atoms with E-state index in [0.717, 1.165) is 0 Å². The van der Waals surface area contributed by atoms with E-state index in [1.807, 2.05) is 6.92 Å². The van der Waals surface area contributed by atoms with Gasteiger partial charge in [0.2, 0.25) is 21.8 Å². The second-order valence-electron chi connectivity index (χ2n) is 7.94.